The second-order valence-electron chi connectivity index (χ2n) is 23.5. The lowest BCUT2D eigenvalue weighted by Crippen LogP contribution is -2.61. The zero-order valence-corrected chi connectivity index (χ0v) is 53.3. The Morgan fingerprint density at radius 2 is 0.867 bits per heavy atom. The Morgan fingerprint density at radius 1 is 0.482 bits per heavy atom. The van der Waals surface area contributed by atoms with Crippen molar-refractivity contribution >= 4 is 11.9 Å². The van der Waals surface area contributed by atoms with Crippen LogP contribution in [0.1, 0.15) is 297 Å². The number of hydrogen-bond donors (Lipinski definition) is 6. The SMILES string of the molecule is CC/C=C\C/C=C\C/C=C\C/C=C\C/C=C\CCCCCCCCCC(=O)OC1C(OCC(NC(=O)C(O)CCCCCCCCCCCC/C=C/CCCCCCCC)C(O)/C=C/CCCCCCCCCCC)OC(CO)C(O)C1O. The Bertz CT molecular complexity index is 1670. The van der Waals surface area contributed by atoms with Gasteiger partial charge in [0.2, 0.25) is 5.91 Å². The van der Waals surface area contributed by atoms with Crippen molar-refractivity contribution in [3.05, 3.63) is 85.1 Å². The van der Waals surface area contributed by atoms with Gasteiger partial charge >= 0.3 is 5.97 Å². The van der Waals surface area contributed by atoms with Gasteiger partial charge in [0.05, 0.1) is 25.4 Å². The van der Waals surface area contributed by atoms with Gasteiger partial charge in [0.15, 0.2) is 12.4 Å². The highest BCUT2D eigenvalue weighted by molar-refractivity contribution is 5.80. The highest BCUT2D eigenvalue weighted by Gasteiger charge is 2.47. The summed E-state index contributed by atoms with van der Waals surface area (Å²) in [4.78, 5) is 26.6. The zero-order chi connectivity index (χ0) is 60.3. The van der Waals surface area contributed by atoms with E-state index < -0.39 is 67.4 Å². The number of carbonyl (C=O) groups excluding carboxylic acids is 2. The molecule has 0 spiro atoms. The van der Waals surface area contributed by atoms with Crippen LogP contribution in [0, 0.1) is 0 Å². The van der Waals surface area contributed by atoms with Gasteiger partial charge in [-0.1, -0.05) is 279 Å². The minimum Gasteiger partial charge on any atom is -0.454 e. The number of aliphatic hydroxyl groups excluding tert-OH is 5. The Labute approximate surface area is 508 Å². The molecule has 8 unspecified atom stereocenters. The predicted octanol–water partition coefficient (Wildman–Crippen LogP) is 17.3. The average molecular weight is 1170 g/mol. The minimum absolute atomic E-state index is 0.108. The van der Waals surface area contributed by atoms with E-state index in [1.165, 1.54) is 135 Å². The topological polar surface area (TPSA) is 175 Å². The molecule has 1 aliphatic rings. The molecule has 0 radical (unpaired) electrons. The summed E-state index contributed by atoms with van der Waals surface area (Å²) in [5.41, 5.74) is 0. The molecule has 0 aliphatic carbocycles. The van der Waals surface area contributed by atoms with Crippen LogP contribution in [0.25, 0.3) is 0 Å². The average Bonchev–Trinajstić information content (AvgIpc) is 3.68. The summed E-state index contributed by atoms with van der Waals surface area (Å²) < 4.78 is 17.7. The molecule has 1 fully saturated rings. The zero-order valence-electron chi connectivity index (χ0n) is 53.3. The van der Waals surface area contributed by atoms with Gasteiger partial charge in [-0.2, -0.15) is 0 Å². The van der Waals surface area contributed by atoms with Crippen LogP contribution in [0.3, 0.4) is 0 Å². The van der Waals surface area contributed by atoms with Crippen molar-refractivity contribution < 1.29 is 49.3 Å². The third-order valence-electron chi connectivity index (χ3n) is 15.8. The fourth-order valence-electron chi connectivity index (χ4n) is 10.4. The molecule has 11 nitrogen and oxygen atoms in total. The molecule has 8 atom stereocenters. The highest BCUT2D eigenvalue weighted by atomic mass is 16.7. The van der Waals surface area contributed by atoms with E-state index in [4.69, 9.17) is 14.2 Å². The van der Waals surface area contributed by atoms with E-state index in [0.29, 0.717) is 12.8 Å². The van der Waals surface area contributed by atoms with Crippen LogP contribution >= 0.6 is 0 Å². The van der Waals surface area contributed by atoms with E-state index in [2.05, 4.69) is 99.0 Å². The summed E-state index contributed by atoms with van der Waals surface area (Å²) in [6, 6.07) is -1.03. The van der Waals surface area contributed by atoms with Gasteiger partial charge in [0.25, 0.3) is 0 Å². The smallest absolute Gasteiger partial charge is 0.306 e. The molecular weight excluding hydrogens is 1040 g/mol. The van der Waals surface area contributed by atoms with Gasteiger partial charge < -0.3 is 45.1 Å². The molecule has 6 N–H and O–H groups in total. The first-order valence-electron chi connectivity index (χ1n) is 34.4. The first-order valence-corrected chi connectivity index (χ1v) is 34.4. The fraction of sp³-hybridized carbons (Fsp3) is 0.778. The number of allylic oxidation sites excluding steroid dienone is 13. The summed E-state index contributed by atoms with van der Waals surface area (Å²) in [5, 5.41) is 57.1. The van der Waals surface area contributed by atoms with Crippen molar-refractivity contribution in [1.82, 2.24) is 5.32 Å². The van der Waals surface area contributed by atoms with Crippen LogP contribution in [-0.2, 0) is 23.8 Å². The van der Waals surface area contributed by atoms with Crippen molar-refractivity contribution in [2.75, 3.05) is 13.2 Å². The molecule has 0 saturated carbocycles. The number of esters is 1. The number of unbranched alkanes of at least 4 members (excludes halogenated alkanes) is 32. The van der Waals surface area contributed by atoms with E-state index in [-0.39, 0.29) is 19.4 Å². The van der Waals surface area contributed by atoms with Gasteiger partial charge in [-0.15, -0.1) is 0 Å². The lowest BCUT2D eigenvalue weighted by Gasteiger charge is -2.41. The van der Waals surface area contributed by atoms with Gasteiger partial charge in [-0.3, -0.25) is 9.59 Å². The monoisotopic (exact) mass is 1170 g/mol. The van der Waals surface area contributed by atoms with Crippen LogP contribution < -0.4 is 5.32 Å². The molecule has 0 aromatic heterocycles. The molecule has 1 heterocycles. The van der Waals surface area contributed by atoms with Crippen LogP contribution in [0.5, 0.6) is 0 Å². The second kappa shape index (κ2) is 59.2. The lowest BCUT2D eigenvalue weighted by molar-refractivity contribution is -0.305. The molecule has 480 valence electrons. The maximum Gasteiger partial charge on any atom is 0.306 e. The Balaban J connectivity index is 2.59. The van der Waals surface area contributed by atoms with E-state index in [0.717, 1.165) is 116 Å². The fourth-order valence-corrected chi connectivity index (χ4v) is 10.4. The minimum atomic E-state index is -1.62. The molecule has 0 bridgehead atoms. The van der Waals surface area contributed by atoms with Gasteiger partial charge in [0, 0.05) is 6.42 Å². The standard InChI is InChI=1S/C72H127NO10/c1-4-7-10-13-16-19-22-24-26-28-30-32-33-34-36-38-40-42-45-48-51-54-57-60-67(77)83-70-69(79)68(78)66(61-74)82-72(70)81-62-63(64(75)58-55-52-49-46-43-21-18-15-12-9-6-3)73-71(80)65(76)59-56-53-50-47-44-41-39-37-35-31-29-27-25-23-20-17-14-11-8-5-2/h7,10,16,19,24-27,30,32,34,36,55,58,63-66,68-70,72,74-76,78-79H,4-6,8-9,11-15,17-18,20-23,28-29,31,33,35,37-54,56-57,59-62H2,1-3H3,(H,73,80)/b10-7-,19-16-,26-24-,27-25+,32-30-,36-34-,58-55+. The molecule has 1 amide bonds. The van der Waals surface area contributed by atoms with E-state index in [9.17, 15) is 35.1 Å². The van der Waals surface area contributed by atoms with Crippen molar-refractivity contribution in [2.45, 2.75) is 346 Å². The van der Waals surface area contributed by atoms with E-state index in [1.807, 2.05) is 6.08 Å². The maximum atomic E-state index is 13.5. The number of rotatable bonds is 58. The lowest BCUT2D eigenvalue weighted by atomic mass is 9.99. The van der Waals surface area contributed by atoms with Crippen LogP contribution in [0.4, 0.5) is 0 Å². The number of carbonyl (C=O) groups is 2. The molecule has 0 aromatic carbocycles. The van der Waals surface area contributed by atoms with Crippen LogP contribution in [0.15, 0.2) is 85.1 Å². The molecular formula is C72H127NO10. The van der Waals surface area contributed by atoms with Crippen LogP contribution in [-0.4, -0.2) is 99.6 Å². The van der Waals surface area contributed by atoms with Crippen LogP contribution in [0.2, 0.25) is 0 Å². The van der Waals surface area contributed by atoms with Gasteiger partial charge in [-0.25, -0.2) is 0 Å². The summed E-state index contributed by atoms with van der Waals surface area (Å²) in [6.07, 6.45) is 67.6. The Morgan fingerprint density at radius 3 is 1.31 bits per heavy atom. The summed E-state index contributed by atoms with van der Waals surface area (Å²) >= 11 is 0. The first kappa shape index (κ1) is 77.9. The number of amides is 1. The first-order chi connectivity index (χ1) is 40.7. The Hall–Kier alpha value is -3.16. The second-order valence-corrected chi connectivity index (χ2v) is 23.5. The summed E-state index contributed by atoms with van der Waals surface area (Å²) in [6.45, 7) is 5.68. The van der Waals surface area contributed by atoms with E-state index in [1.54, 1.807) is 6.08 Å². The van der Waals surface area contributed by atoms with Crippen molar-refractivity contribution in [3.8, 4) is 0 Å². The largest absolute Gasteiger partial charge is 0.454 e. The molecule has 1 aliphatic heterocycles. The Kier molecular flexibility index (Phi) is 55.5. The normalized spacial score (nSPS) is 19.1. The highest BCUT2D eigenvalue weighted by Crippen LogP contribution is 2.26. The summed E-state index contributed by atoms with van der Waals surface area (Å²) in [5.74, 6) is -1.20. The van der Waals surface area contributed by atoms with E-state index >= 15 is 0 Å². The predicted molar refractivity (Wildman–Crippen MR) is 347 cm³/mol. The number of hydrogen-bond acceptors (Lipinski definition) is 10. The summed E-state index contributed by atoms with van der Waals surface area (Å²) in [7, 11) is 0. The third kappa shape index (κ3) is 46.7. The van der Waals surface area contributed by atoms with Gasteiger partial charge in [-0.05, 0) is 96.3 Å². The van der Waals surface area contributed by atoms with Crippen molar-refractivity contribution in [2.24, 2.45) is 0 Å². The maximum absolute atomic E-state index is 13.5. The molecule has 1 saturated heterocycles. The number of nitrogens with one attached hydrogen (secondary N) is 1. The quantitative estimate of drug-likeness (QED) is 0.0195. The molecule has 83 heavy (non-hydrogen) atoms. The molecule has 0 aromatic rings. The van der Waals surface area contributed by atoms with Gasteiger partial charge in [0.1, 0.15) is 24.4 Å². The third-order valence-corrected chi connectivity index (χ3v) is 15.8. The van der Waals surface area contributed by atoms with Crippen molar-refractivity contribution in [3.63, 3.8) is 0 Å². The number of ether oxygens (including phenoxy) is 3. The molecule has 1 rings (SSSR count). The molecule has 11 heteroatoms. The van der Waals surface area contributed by atoms with Crippen molar-refractivity contribution in [1.29, 1.82) is 0 Å². The number of aliphatic hydroxyl groups is 5.